The number of hydrogen-bond acceptors (Lipinski definition) is 4. The van der Waals surface area contributed by atoms with Crippen LogP contribution in [0.25, 0.3) is 0 Å². The van der Waals surface area contributed by atoms with Crippen LogP contribution < -0.4 is 5.32 Å². The molecule has 1 N–H and O–H groups in total. The van der Waals surface area contributed by atoms with Gasteiger partial charge in [-0.15, -0.1) is 0 Å². The largest absolute Gasteiger partial charge is 0.382 e. The Kier molecular flexibility index (Phi) is 11.0. The first-order valence-corrected chi connectivity index (χ1v) is 10.5. The van der Waals surface area contributed by atoms with Crippen LogP contribution in [-0.2, 0) is 14.2 Å². The summed E-state index contributed by atoms with van der Waals surface area (Å²) in [6.07, 6.45) is 9.20. The fraction of sp³-hybridized carbons (Fsp3) is 0.950. The molecule has 6 nitrogen and oxygen atoms in total. The molecule has 0 amide bonds. The fourth-order valence-corrected chi connectivity index (χ4v) is 3.71. The van der Waals surface area contributed by atoms with E-state index in [1.54, 1.807) is 7.11 Å². The van der Waals surface area contributed by atoms with Crippen LogP contribution in [-0.4, -0.2) is 76.7 Å². The summed E-state index contributed by atoms with van der Waals surface area (Å²) >= 11 is 0. The second kappa shape index (κ2) is 13.3. The van der Waals surface area contributed by atoms with Crippen molar-refractivity contribution in [3.8, 4) is 0 Å². The predicted octanol–water partition coefficient (Wildman–Crippen LogP) is 2.68. The topological polar surface area (TPSA) is 55.3 Å². The van der Waals surface area contributed by atoms with Gasteiger partial charge in [-0.1, -0.05) is 19.3 Å². The van der Waals surface area contributed by atoms with Gasteiger partial charge in [0.15, 0.2) is 5.96 Å². The number of guanidine groups is 1. The van der Waals surface area contributed by atoms with Crippen LogP contribution in [0.4, 0.5) is 0 Å². The van der Waals surface area contributed by atoms with Crippen LogP contribution in [0.1, 0.15) is 51.9 Å². The van der Waals surface area contributed by atoms with Gasteiger partial charge in [-0.3, -0.25) is 4.99 Å². The summed E-state index contributed by atoms with van der Waals surface area (Å²) in [5.41, 5.74) is 0. The Bertz CT molecular complexity index is 386. The molecule has 0 spiro atoms. The van der Waals surface area contributed by atoms with Gasteiger partial charge in [0.25, 0.3) is 0 Å². The second-order valence-corrected chi connectivity index (χ2v) is 7.39. The maximum absolute atomic E-state index is 6.00. The van der Waals surface area contributed by atoms with Crippen molar-refractivity contribution in [3.63, 3.8) is 0 Å². The number of rotatable bonds is 11. The minimum absolute atomic E-state index is 0.499. The molecule has 2 rings (SSSR count). The number of likely N-dealkylation sites (tertiary alicyclic amines) is 1. The minimum Gasteiger partial charge on any atom is -0.382 e. The summed E-state index contributed by atoms with van der Waals surface area (Å²) in [7, 11) is 1.71. The molecule has 2 fully saturated rings. The third-order valence-corrected chi connectivity index (χ3v) is 5.18. The van der Waals surface area contributed by atoms with Gasteiger partial charge in [0, 0.05) is 45.8 Å². The number of ether oxygens (including phenoxy) is 3. The Labute approximate surface area is 159 Å². The van der Waals surface area contributed by atoms with Gasteiger partial charge in [-0.2, -0.15) is 0 Å². The summed E-state index contributed by atoms with van der Waals surface area (Å²) in [4.78, 5) is 7.18. The summed E-state index contributed by atoms with van der Waals surface area (Å²) in [6, 6.07) is 0. The maximum atomic E-state index is 6.00. The Balaban J connectivity index is 1.64. The third-order valence-electron chi connectivity index (χ3n) is 5.18. The molecule has 1 saturated carbocycles. The summed E-state index contributed by atoms with van der Waals surface area (Å²) < 4.78 is 16.7. The second-order valence-electron chi connectivity index (χ2n) is 7.39. The first-order valence-electron chi connectivity index (χ1n) is 10.5. The van der Waals surface area contributed by atoms with Gasteiger partial charge in [-0.05, 0) is 32.6 Å². The maximum Gasteiger partial charge on any atom is 0.193 e. The van der Waals surface area contributed by atoms with Crippen molar-refractivity contribution in [3.05, 3.63) is 0 Å². The van der Waals surface area contributed by atoms with Crippen LogP contribution >= 0.6 is 0 Å². The molecule has 1 heterocycles. The van der Waals surface area contributed by atoms with E-state index in [2.05, 4.69) is 17.1 Å². The number of hydrogen-bond donors (Lipinski definition) is 1. The fourth-order valence-electron chi connectivity index (χ4n) is 3.71. The van der Waals surface area contributed by atoms with Gasteiger partial charge < -0.3 is 24.4 Å². The molecule has 0 aromatic heterocycles. The Morgan fingerprint density at radius 1 is 1.12 bits per heavy atom. The number of methoxy groups -OCH3 is 1. The molecule has 0 aromatic carbocycles. The zero-order valence-corrected chi connectivity index (χ0v) is 16.9. The van der Waals surface area contributed by atoms with E-state index in [1.807, 2.05) is 0 Å². The molecule has 152 valence electrons. The summed E-state index contributed by atoms with van der Waals surface area (Å²) in [5.74, 6) is 1.63. The lowest BCUT2D eigenvalue weighted by atomic mass is 9.98. The molecule has 0 aromatic rings. The molecule has 1 saturated heterocycles. The Morgan fingerprint density at radius 2 is 1.96 bits per heavy atom. The first kappa shape index (κ1) is 21.5. The molecule has 1 aliphatic carbocycles. The van der Waals surface area contributed by atoms with Gasteiger partial charge in [0.05, 0.1) is 25.9 Å². The summed E-state index contributed by atoms with van der Waals surface area (Å²) in [6.45, 7) is 8.95. The van der Waals surface area contributed by atoms with Crippen LogP contribution in [0.2, 0.25) is 0 Å². The number of nitrogens with zero attached hydrogens (tertiary/aromatic N) is 2. The van der Waals surface area contributed by atoms with Crippen molar-refractivity contribution in [1.29, 1.82) is 0 Å². The lowest BCUT2D eigenvalue weighted by molar-refractivity contribution is 0.0281. The van der Waals surface area contributed by atoms with Gasteiger partial charge >= 0.3 is 0 Å². The van der Waals surface area contributed by atoms with Crippen molar-refractivity contribution in [2.75, 3.05) is 59.7 Å². The summed E-state index contributed by atoms with van der Waals surface area (Å²) in [5, 5.41) is 3.44. The molecule has 1 atom stereocenters. The molecule has 1 unspecified atom stereocenters. The van der Waals surface area contributed by atoms with E-state index < -0.39 is 0 Å². The molecule has 2 aliphatic rings. The lowest BCUT2D eigenvalue weighted by Crippen LogP contribution is -2.40. The third kappa shape index (κ3) is 8.23. The highest BCUT2D eigenvalue weighted by atomic mass is 16.5. The molecule has 0 bridgehead atoms. The van der Waals surface area contributed by atoms with Crippen molar-refractivity contribution in [1.82, 2.24) is 10.2 Å². The highest BCUT2D eigenvalue weighted by Crippen LogP contribution is 2.20. The molecule has 0 radical (unpaired) electrons. The number of nitrogens with one attached hydrogen (secondary N) is 1. The standard InChI is InChI=1S/C20H39N3O3/c1-3-21-20(22-11-7-13-26-19-8-5-4-6-9-19)23-12-10-18(16-23)17-25-15-14-24-2/h18-19H,3-17H2,1-2H3,(H,21,22). The molecule has 6 heteroatoms. The van der Waals surface area contributed by atoms with E-state index in [-0.39, 0.29) is 0 Å². The van der Waals surface area contributed by atoms with E-state index in [4.69, 9.17) is 19.2 Å². The zero-order valence-electron chi connectivity index (χ0n) is 16.9. The van der Waals surface area contributed by atoms with E-state index in [1.165, 1.54) is 38.5 Å². The Morgan fingerprint density at radius 3 is 2.73 bits per heavy atom. The van der Waals surface area contributed by atoms with E-state index in [0.29, 0.717) is 25.2 Å². The van der Waals surface area contributed by atoms with Crippen LogP contribution in [0.15, 0.2) is 4.99 Å². The minimum atomic E-state index is 0.499. The highest BCUT2D eigenvalue weighted by Gasteiger charge is 2.24. The van der Waals surface area contributed by atoms with Crippen LogP contribution in [0.5, 0.6) is 0 Å². The average Bonchev–Trinajstić information content (AvgIpc) is 3.14. The van der Waals surface area contributed by atoms with E-state index >= 15 is 0 Å². The van der Waals surface area contributed by atoms with Gasteiger partial charge in [0.2, 0.25) is 0 Å². The quantitative estimate of drug-likeness (QED) is 0.345. The monoisotopic (exact) mass is 369 g/mol. The smallest absolute Gasteiger partial charge is 0.193 e. The van der Waals surface area contributed by atoms with E-state index in [0.717, 1.165) is 51.8 Å². The normalized spacial score (nSPS) is 22.2. The van der Waals surface area contributed by atoms with E-state index in [9.17, 15) is 0 Å². The van der Waals surface area contributed by atoms with Gasteiger partial charge in [0.1, 0.15) is 0 Å². The van der Waals surface area contributed by atoms with Crippen molar-refractivity contribution in [2.45, 2.75) is 58.0 Å². The van der Waals surface area contributed by atoms with Crippen LogP contribution in [0, 0.1) is 5.92 Å². The number of aliphatic imine (C=N–C) groups is 1. The lowest BCUT2D eigenvalue weighted by Gasteiger charge is -2.22. The average molecular weight is 370 g/mol. The Hall–Kier alpha value is -0.850. The SMILES string of the molecule is CCNC(=NCCCOC1CCCCC1)N1CCC(COCCOC)C1. The highest BCUT2D eigenvalue weighted by molar-refractivity contribution is 5.80. The molecule has 26 heavy (non-hydrogen) atoms. The molecular formula is C20H39N3O3. The predicted molar refractivity (Wildman–Crippen MR) is 106 cm³/mol. The van der Waals surface area contributed by atoms with Crippen molar-refractivity contribution < 1.29 is 14.2 Å². The zero-order chi connectivity index (χ0) is 18.5. The molecular weight excluding hydrogens is 330 g/mol. The van der Waals surface area contributed by atoms with Crippen LogP contribution in [0.3, 0.4) is 0 Å². The van der Waals surface area contributed by atoms with Gasteiger partial charge in [-0.25, -0.2) is 0 Å². The van der Waals surface area contributed by atoms with Crippen molar-refractivity contribution >= 4 is 5.96 Å². The van der Waals surface area contributed by atoms with Crippen molar-refractivity contribution in [2.24, 2.45) is 10.9 Å². The first-order chi connectivity index (χ1) is 12.8. The molecule has 1 aliphatic heterocycles.